The lowest BCUT2D eigenvalue weighted by Gasteiger charge is -2.39. The number of alkyl carbamates (subject to hydrolysis) is 1. The van der Waals surface area contributed by atoms with Gasteiger partial charge >= 0.3 is 12.1 Å². The Labute approximate surface area is 187 Å². The topological polar surface area (TPSA) is 95.9 Å². The van der Waals surface area contributed by atoms with E-state index in [1.165, 1.54) is 4.90 Å². The summed E-state index contributed by atoms with van der Waals surface area (Å²) in [5, 5.41) is 12.1. The number of carbonyl (C=O) groups excluding carboxylic acids is 2. The summed E-state index contributed by atoms with van der Waals surface area (Å²) in [6, 6.07) is 16.2. The second-order valence-corrected chi connectivity index (χ2v) is 8.54. The van der Waals surface area contributed by atoms with Crippen molar-refractivity contribution in [2.24, 2.45) is 5.41 Å². The zero-order valence-electron chi connectivity index (χ0n) is 18.2. The summed E-state index contributed by atoms with van der Waals surface area (Å²) >= 11 is 0. The molecule has 1 aliphatic heterocycles. The van der Waals surface area contributed by atoms with Crippen molar-refractivity contribution < 1.29 is 24.2 Å². The number of piperidine rings is 1. The lowest BCUT2D eigenvalue weighted by molar-refractivity contribution is -0.155. The highest BCUT2D eigenvalue weighted by Crippen LogP contribution is 2.44. The number of hydrogen-bond acceptors (Lipinski definition) is 4. The van der Waals surface area contributed by atoms with Gasteiger partial charge < -0.3 is 20.1 Å². The Balaban J connectivity index is 1.32. The molecule has 0 bridgehead atoms. The van der Waals surface area contributed by atoms with Crippen LogP contribution in [-0.4, -0.2) is 54.2 Å². The third-order valence-electron chi connectivity index (χ3n) is 6.79. The molecule has 0 radical (unpaired) electrons. The van der Waals surface area contributed by atoms with E-state index in [-0.39, 0.29) is 31.5 Å². The predicted octanol–water partition coefficient (Wildman–Crippen LogP) is 3.63. The Morgan fingerprint density at radius 3 is 2.31 bits per heavy atom. The van der Waals surface area contributed by atoms with Gasteiger partial charge in [-0.1, -0.05) is 55.5 Å². The van der Waals surface area contributed by atoms with Gasteiger partial charge in [-0.2, -0.15) is 0 Å². The average Bonchev–Trinajstić information content (AvgIpc) is 3.14. The molecule has 2 N–H and O–H groups in total. The summed E-state index contributed by atoms with van der Waals surface area (Å²) in [7, 11) is 0. The number of carbonyl (C=O) groups is 3. The Hall–Kier alpha value is -3.35. The first-order valence-electron chi connectivity index (χ1n) is 11.1. The highest BCUT2D eigenvalue weighted by molar-refractivity contribution is 5.84. The summed E-state index contributed by atoms with van der Waals surface area (Å²) in [5.41, 5.74) is 3.63. The minimum absolute atomic E-state index is 0.0494. The fourth-order valence-electron chi connectivity index (χ4n) is 4.87. The normalized spacial score (nSPS) is 19.7. The highest BCUT2D eigenvalue weighted by Gasteiger charge is 2.42. The molecule has 2 aliphatic rings. The third-order valence-corrected chi connectivity index (χ3v) is 6.79. The maximum Gasteiger partial charge on any atom is 0.407 e. The second-order valence-electron chi connectivity index (χ2n) is 8.54. The van der Waals surface area contributed by atoms with Gasteiger partial charge in [-0.05, 0) is 41.5 Å². The molecular weight excluding hydrogens is 408 g/mol. The first-order chi connectivity index (χ1) is 15.4. The van der Waals surface area contributed by atoms with Gasteiger partial charge in [-0.3, -0.25) is 9.59 Å². The van der Waals surface area contributed by atoms with Crippen molar-refractivity contribution in [2.75, 3.05) is 26.2 Å². The molecule has 1 saturated heterocycles. The maximum absolute atomic E-state index is 12.6. The Kier molecular flexibility index (Phi) is 6.17. The van der Waals surface area contributed by atoms with E-state index in [0.717, 1.165) is 22.3 Å². The number of amides is 2. The number of hydrogen-bond donors (Lipinski definition) is 2. The van der Waals surface area contributed by atoms with Crippen LogP contribution < -0.4 is 5.32 Å². The molecule has 2 amide bonds. The molecule has 1 aliphatic carbocycles. The van der Waals surface area contributed by atoms with Gasteiger partial charge in [0.15, 0.2) is 0 Å². The van der Waals surface area contributed by atoms with Crippen molar-refractivity contribution in [2.45, 2.75) is 32.1 Å². The van der Waals surface area contributed by atoms with E-state index in [1.54, 1.807) is 0 Å². The molecule has 4 rings (SSSR count). The van der Waals surface area contributed by atoms with Gasteiger partial charge in [-0.15, -0.1) is 0 Å². The van der Waals surface area contributed by atoms with Crippen LogP contribution in [0.15, 0.2) is 48.5 Å². The van der Waals surface area contributed by atoms with Crippen LogP contribution >= 0.6 is 0 Å². The lowest BCUT2D eigenvalue weighted by atomic mass is 9.77. The van der Waals surface area contributed by atoms with Crippen LogP contribution in [-0.2, 0) is 14.3 Å². The molecule has 0 saturated carbocycles. The fraction of sp³-hybridized carbons (Fsp3) is 0.400. The minimum Gasteiger partial charge on any atom is -0.481 e. The number of carboxylic acids is 1. The lowest BCUT2D eigenvalue weighted by Crippen LogP contribution is -2.51. The van der Waals surface area contributed by atoms with Crippen molar-refractivity contribution in [3.8, 4) is 11.1 Å². The number of nitrogens with zero attached hydrogens (tertiary/aromatic N) is 1. The molecule has 1 unspecified atom stereocenters. The van der Waals surface area contributed by atoms with E-state index < -0.39 is 17.5 Å². The second kappa shape index (κ2) is 9.02. The molecule has 2 aromatic carbocycles. The van der Waals surface area contributed by atoms with Crippen LogP contribution in [0, 0.1) is 5.41 Å². The Bertz CT molecular complexity index is 991. The molecule has 0 spiro atoms. The monoisotopic (exact) mass is 436 g/mol. The Morgan fingerprint density at radius 1 is 1.09 bits per heavy atom. The first kappa shape index (κ1) is 21.9. The molecule has 7 nitrogen and oxygen atoms in total. The number of aliphatic carboxylic acids is 1. The van der Waals surface area contributed by atoms with Crippen molar-refractivity contribution in [3.63, 3.8) is 0 Å². The largest absolute Gasteiger partial charge is 0.481 e. The molecule has 2 aromatic rings. The highest BCUT2D eigenvalue weighted by atomic mass is 16.5. The summed E-state index contributed by atoms with van der Waals surface area (Å²) in [6.07, 6.45) is 1.00. The minimum atomic E-state index is -0.905. The Morgan fingerprint density at radius 2 is 1.72 bits per heavy atom. The molecule has 1 atom stereocenters. The number of likely N-dealkylation sites (tertiary alicyclic amines) is 1. The van der Waals surface area contributed by atoms with Crippen molar-refractivity contribution in [1.29, 1.82) is 0 Å². The van der Waals surface area contributed by atoms with Crippen LogP contribution in [0.3, 0.4) is 0 Å². The van der Waals surface area contributed by atoms with Crippen LogP contribution in [0.2, 0.25) is 0 Å². The molecule has 7 heteroatoms. The SMILES string of the molecule is CCC1(C(=O)O)CCCN(C(=O)CNC(=O)OCC2c3ccccc3-c3ccccc32)C1. The molecule has 32 heavy (non-hydrogen) atoms. The van der Waals surface area contributed by atoms with Crippen LogP contribution in [0.25, 0.3) is 11.1 Å². The van der Waals surface area contributed by atoms with Crippen LogP contribution in [0.5, 0.6) is 0 Å². The zero-order chi connectivity index (χ0) is 22.7. The number of fused-ring (bicyclic) bond motifs is 3. The number of nitrogens with one attached hydrogen (secondary N) is 1. The molecule has 168 valence electrons. The van der Waals surface area contributed by atoms with Crippen molar-refractivity contribution in [3.05, 3.63) is 59.7 Å². The molecule has 1 heterocycles. The fourth-order valence-corrected chi connectivity index (χ4v) is 4.87. The maximum atomic E-state index is 12.6. The smallest absolute Gasteiger partial charge is 0.407 e. The number of benzene rings is 2. The van der Waals surface area contributed by atoms with Gasteiger partial charge in [0, 0.05) is 19.0 Å². The van der Waals surface area contributed by atoms with Gasteiger partial charge in [0.25, 0.3) is 0 Å². The summed E-state index contributed by atoms with van der Waals surface area (Å²) < 4.78 is 5.46. The van der Waals surface area contributed by atoms with E-state index in [2.05, 4.69) is 17.4 Å². The van der Waals surface area contributed by atoms with Gasteiger partial charge in [0.2, 0.25) is 5.91 Å². The first-order valence-corrected chi connectivity index (χ1v) is 11.1. The predicted molar refractivity (Wildman–Crippen MR) is 119 cm³/mol. The number of rotatable bonds is 6. The summed E-state index contributed by atoms with van der Waals surface area (Å²) in [4.78, 5) is 38.1. The standard InChI is InChI=1S/C25H28N2O5/c1-2-25(23(29)30)12-7-13-27(16-25)22(28)14-26-24(31)32-15-21-19-10-5-3-8-17(19)18-9-4-6-11-20(18)21/h3-6,8-11,21H,2,7,12-16H2,1H3,(H,26,31)(H,29,30). The van der Waals surface area contributed by atoms with E-state index >= 15 is 0 Å². The van der Waals surface area contributed by atoms with E-state index in [4.69, 9.17) is 4.74 Å². The van der Waals surface area contributed by atoms with Gasteiger partial charge in [0.05, 0.1) is 5.41 Å². The van der Waals surface area contributed by atoms with Crippen LogP contribution in [0.4, 0.5) is 4.79 Å². The number of carboxylic acid groups (broad SMARTS) is 1. The van der Waals surface area contributed by atoms with Crippen LogP contribution in [0.1, 0.15) is 43.2 Å². The quantitative estimate of drug-likeness (QED) is 0.721. The zero-order valence-corrected chi connectivity index (χ0v) is 18.2. The third kappa shape index (κ3) is 4.07. The van der Waals surface area contributed by atoms with Crippen molar-refractivity contribution >= 4 is 18.0 Å². The average molecular weight is 437 g/mol. The van der Waals surface area contributed by atoms with E-state index in [9.17, 15) is 19.5 Å². The van der Waals surface area contributed by atoms with Crippen molar-refractivity contribution in [1.82, 2.24) is 10.2 Å². The van der Waals surface area contributed by atoms with Gasteiger partial charge in [0.1, 0.15) is 13.2 Å². The summed E-state index contributed by atoms with van der Waals surface area (Å²) in [6.45, 7) is 2.47. The van der Waals surface area contributed by atoms with Gasteiger partial charge in [-0.25, -0.2) is 4.79 Å². The summed E-state index contributed by atoms with van der Waals surface area (Å²) in [5.74, 6) is -1.22. The molecular formula is C25H28N2O5. The molecule has 1 fully saturated rings. The molecule has 0 aromatic heterocycles. The number of ether oxygens (including phenoxy) is 1. The van der Waals surface area contributed by atoms with E-state index in [1.807, 2.05) is 43.3 Å². The van der Waals surface area contributed by atoms with E-state index in [0.29, 0.717) is 25.8 Å².